The largest absolute Gasteiger partial charge is 0.361 e. The molecule has 0 saturated heterocycles. The Morgan fingerprint density at radius 3 is 2.76 bits per heavy atom. The molecule has 1 aromatic carbocycles. The van der Waals surface area contributed by atoms with E-state index in [4.69, 9.17) is 4.52 Å². The maximum absolute atomic E-state index is 13.4. The summed E-state index contributed by atoms with van der Waals surface area (Å²) in [6, 6.07) is 3.02. The van der Waals surface area contributed by atoms with Gasteiger partial charge in [-0.3, -0.25) is 4.79 Å². The van der Waals surface area contributed by atoms with Gasteiger partial charge in [0.15, 0.2) is 0 Å². The van der Waals surface area contributed by atoms with E-state index in [0.717, 1.165) is 29.2 Å². The van der Waals surface area contributed by atoms with Crippen LogP contribution in [0.1, 0.15) is 17.0 Å². The third-order valence-electron chi connectivity index (χ3n) is 2.87. The molecule has 0 radical (unpaired) electrons. The average molecular weight is 312 g/mol. The van der Waals surface area contributed by atoms with Crippen molar-refractivity contribution < 1.29 is 18.1 Å². The van der Waals surface area contributed by atoms with Crippen LogP contribution in [-0.4, -0.2) is 16.8 Å². The first kappa shape index (κ1) is 15.5. The molecule has 0 atom stereocenters. The van der Waals surface area contributed by atoms with Crippen LogP contribution in [0.25, 0.3) is 0 Å². The lowest BCUT2D eigenvalue weighted by atomic mass is 10.2. The van der Waals surface area contributed by atoms with Crippen molar-refractivity contribution in [3.63, 3.8) is 0 Å². The third-order valence-corrected chi connectivity index (χ3v) is 3.83. The zero-order valence-corrected chi connectivity index (χ0v) is 12.4. The summed E-state index contributed by atoms with van der Waals surface area (Å²) in [5.41, 5.74) is 1.73. The summed E-state index contributed by atoms with van der Waals surface area (Å²) in [7, 11) is 0. The number of nitrogens with zero attached hydrogens (tertiary/aromatic N) is 1. The Kier molecular flexibility index (Phi) is 4.95. The smallest absolute Gasteiger partial charge is 0.234 e. The Labute approximate surface area is 124 Å². The van der Waals surface area contributed by atoms with Gasteiger partial charge in [0.25, 0.3) is 0 Å². The quantitative estimate of drug-likeness (QED) is 0.919. The highest BCUT2D eigenvalue weighted by Gasteiger charge is 2.11. The fraction of sp³-hybridized carbons (Fsp3) is 0.286. The van der Waals surface area contributed by atoms with E-state index in [0.29, 0.717) is 5.75 Å². The van der Waals surface area contributed by atoms with E-state index < -0.39 is 11.6 Å². The SMILES string of the molecule is Cc1noc(C)c1CSCC(=O)Nc1ccc(F)cc1F. The molecule has 4 nitrogen and oxygen atoms in total. The first-order chi connectivity index (χ1) is 9.97. The van der Waals surface area contributed by atoms with Gasteiger partial charge in [0.2, 0.25) is 5.91 Å². The van der Waals surface area contributed by atoms with Gasteiger partial charge in [0.1, 0.15) is 17.4 Å². The number of nitrogens with one attached hydrogen (secondary N) is 1. The van der Waals surface area contributed by atoms with Crippen molar-refractivity contribution >= 4 is 23.4 Å². The monoisotopic (exact) mass is 312 g/mol. The molecular formula is C14H14F2N2O2S. The number of rotatable bonds is 5. The van der Waals surface area contributed by atoms with Gasteiger partial charge in [-0.1, -0.05) is 5.16 Å². The highest BCUT2D eigenvalue weighted by atomic mass is 32.2. The number of benzene rings is 1. The Balaban J connectivity index is 1.85. The summed E-state index contributed by atoms with van der Waals surface area (Å²) in [6.45, 7) is 3.64. The normalized spacial score (nSPS) is 10.7. The number of carbonyl (C=O) groups excluding carboxylic acids is 1. The van der Waals surface area contributed by atoms with Crippen molar-refractivity contribution in [1.82, 2.24) is 5.16 Å². The van der Waals surface area contributed by atoms with Crippen LogP contribution >= 0.6 is 11.8 Å². The molecule has 0 aliphatic rings. The summed E-state index contributed by atoms with van der Waals surface area (Å²) in [4.78, 5) is 11.7. The van der Waals surface area contributed by atoms with E-state index in [-0.39, 0.29) is 17.3 Å². The van der Waals surface area contributed by atoms with Crippen molar-refractivity contribution in [2.75, 3.05) is 11.1 Å². The van der Waals surface area contributed by atoms with Crippen LogP contribution in [0, 0.1) is 25.5 Å². The zero-order chi connectivity index (χ0) is 15.4. The lowest BCUT2D eigenvalue weighted by molar-refractivity contribution is -0.113. The van der Waals surface area contributed by atoms with Gasteiger partial charge in [-0.15, -0.1) is 11.8 Å². The Morgan fingerprint density at radius 1 is 1.38 bits per heavy atom. The molecule has 0 saturated carbocycles. The van der Waals surface area contributed by atoms with Crippen molar-refractivity contribution in [2.24, 2.45) is 0 Å². The number of carbonyl (C=O) groups is 1. The lowest BCUT2D eigenvalue weighted by Gasteiger charge is -2.06. The first-order valence-corrected chi connectivity index (χ1v) is 7.37. The average Bonchev–Trinajstić information content (AvgIpc) is 2.74. The molecule has 7 heteroatoms. The second kappa shape index (κ2) is 6.71. The van der Waals surface area contributed by atoms with Crippen LogP contribution in [0.3, 0.4) is 0 Å². The maximum atomic E-state index is 13.4. The number of amides is 1. The molecule has 2 rings (SSSR count). The number of hydrogen-bond donors (Lipinski definition) is 1. The van der Waals surface area contributed by atoms with Gasteiger partial charge in [-0.25, -0.2) is 8.78 Å². The minimum atomic E-state index is -0.793. The summed E-state index contributed by atoms with van der Waals surface area (Å²) < 4.78 is 31.2. The number of aryl methyl sites for hydroxylation is 2. The molecule has 112 valence electrons. The summed E-state index contributed by atoms with van der Waals surface area (Å²) in [5, 5.41) is 6.23. The molecule has 1 N–H and O–H groups in total. The van der Waals surface area contributed by atoms with Crippen LogP contribution in [0.4, 0.5) is 14.5 Å². The molecular weight excluding hydrogens is 298 g/mol. The molecule has 1 heterocycles. The lowest BCUT2D eigenvalue weighted by Crippen LogP contribution is -2.15. The predicted octanol–water partition coefficient (Wildman–Crippen LogP) is 3.44. The summed E-state index contributed by atoms with van der Waals surface area (Å²) >= 11 is 1.37. The van der Waals surface area contributed by atoms with E-state index in [9.17, 15) is 13.6 Å². The van der Waals surface area contributed by atoms with Gasteiger partial charge < -0.3 is 9.84 Å². The van der Waals surface area contributed by atoms with E-state index in [1.807, 2.05) is 13.8 Å². The Morgan fingerprint density at radius 2 is 2.14 bits per heavy atom. The van der Waals surface area contributed by atoms with Crippen LogP contribution in [0.15, 0.2) is 22.7 Å². The van der Waals surface area contributed by atoms with E-state index in [2.05, 4.69) is 10.5 Å². The van der Waals surface area contributed by atoms with E-state index in [1.54, 1.807) is 0 Å². The third kappa shape index (κ3) is 4.04. The minimum absolute atomic E-state index is 0.0284. The van der Waals surface area contributed by atoms with E-state index >= 15 is 0 Å². The molecule has 0 bridgehead atoms. The Hall–Kier alpha value is -1.89. The van der Waals surface area contributed by atoms with Gasteiger partial charge >= 0.3 is 0 Å². The van der Waals surface area contributed by atoms with Gasteiger partial charge in [0.05, 0.1) is 17.1 Å². The molecule has 0 spiro atoms. The zero-order valence-electron chi connectivity index (χ0n) is 11.6. The van der Waals surface area contributed by atoms with Gasteiger partial charge in [-0.05, 0) is 26.0 Å². The molecule has 21 heavy (non-hydrogen) atoms. The number of halogens is 2. The molecule has 0 fully saturated rings. The number of aromatic nitrogens is 1. The van der Waals surface area contributed by atoms with Crippen molar-refractivity contribution in [3.8, 4) is 0 Å². The first-order valence-electron chi connectivity index (χ1n) is 6.21. The highest BCUT2D eigenvalue weighted by molar-refractivity contribution is 7.99. The predicted molar refractivity (Wildman–Crippen MR) is 77.1 cm³/mol. The second-order valence-corrected chi connectivity index (χ2v) is 5.45. The van der Waals surface area contributed by atoms with Crippen LogP contribution in [-0.2, 0) is 10.5 Å². The summed E-state index contributed by atoms with van der Waals surface area (Å²) in [6.07, 6.45) is 0. The molecule has 2 aromatic rings. The van der Waals surface area contributed by atoms with Crippen molar-refractivity contribution in [3.05, 3.63) is 46.9 Å². The molecule has 1 amide bonds. The summed E-state index contributed by atoms with van der Waals surface area (Å²) in [5.74, 6) is -0.360. The number of hydrogen-bond acceptors (Lipinski definition) is 4. The minimum Gasteiger partial charge on any atom is -0.361 e. The fourth-order valence-corrected chi connectivity index (χ4v) is 2.71. The molecule has 0 aliphatic carbocycles. The van der Waals surface area contributed by atoms with Crippen molar-refractivity contribution in [1.29, 1.82) is 0 Å². The molecule has 0 aliphatic heterocycles. The van der Waals surface area contributed by atoms with Gasteiger partial charge in [-0.2, -0.15) is 0 Å². The molecule has 0 unspecified atom stereocenters. The van der Waals surface area contributed by atoms with Crippen LogP contribution in [0.2, 0.25) is 0 Å². The second-order valence-electron chi connectivity index (χ2n) is 4.47. The highest BCUT2D eigenvalue weighted by Crippen LogP contribution is 2.20. The number of thioether (sulfide) groups is 1. The van der Waals surface area contributed by atoms with Crippen LogP contribution < -0.4 is 5.32 Å². The number of anilines is 1. The Bertz CT molecular complexity index is 639. The maximum Gasteiger partial charge on any atom is 0.234 e. The standard InChI is InChI=1S/C14H14F2N2O2S/c1-8-11(9(2)20-18-8)6-21-7-14(19)17-13-4-3-10(15)5-12(13)16/h3-5H,6-7H2,1-2H3,(H,17,19). The van der Waals surface area contributed by atoms with Gasteiger partial charge in [0, 0.05) is 17.4 Å². The van der Waals surface area contributed by atoms with Crippen molar-refractivity contribution in [2.45, 2.75) is 19.6 Å². The van der Waals surface area contributed by atoms with Crippen LogP contribution in [0.5, 0.6) is 0 Å². The van der Waals surface area contributed by atoms with E-state index in [1.165, 1.54) is 17.8 Å². The fourth-order valence-electron chi connectivity index (χ4n) is 1.73. The molecule has 1 aromatic heterocycles. The topological polar surface area (TPSA) is 55.1 Å².